The number of carboxylic acid groups (broad SMARTS) is 1. The molecule has 1 aliphatic rings. The van der Waals surface area contributed by atoms with Gasteiger partial charge >= 0.3 is 5.97 Å². The number of hydrogen-bond donors (Lipinski definition) is 2. The van der Waals surface area contributed by atoms with Crippen molar-refractivity contribution in [1.82, 2.24) is 15.1 Å². The fraction of sp³-hybridized carbons (Fsp3) is 0.583. The van der Waals surface area contributed by atoms with Gasteiger partial charge in [-0.2, -0.15) is 5.10 Å². The van der Waals surface area contributed by atoms with E-state index >= 15 is 0 Å². The molecule has 98 valence electrons. The molecule has 1 aromatic rings. The molecule has 1 saturated heterocycles. The molecule has 1 aromatic heterocycles. The lowest BCUT2D eigenvalue weighted by molar-refractivity contribution is -0.138. The molecular formula is C12H17N3O3. The van der Waals surface area contributed by atoms with Gasteiger partial charge in [0.2, 0.25) is 0 Å². The summed E-state index contributed by atoms with van der Waals surface area (Å²) in [7, 11) is 0. The van der Waals surface area contributed by atoms with Crippen molar-refractivity contribution in [3.05, 3.63) is 17.0 Å². The van der Waals surface area contributed by atoms with Crippen LogP contribution in [0, 0.1) is 19.8 Å². The minimum atomic E-state index is -0.801. The summed E-state index contributed by atoms with van der Waals surface area (Å²) in [5.41, 5.74) is 2.07. The second-order valence-electron chi connectivity index (χ2n) is 4.81. The van der Waals surface area contributed by atoms with E-state index in [1.54, 1.807) is 11.8 Å². The van der Waals surface area contributed by atoms with Gasteiger partial charge in [0.05, 0.1) is 11.3 Å². The number of rotatable bonds is 3. The molecular weight excluding hydrogens is 234 g/mol. The van der Waals surface area contributed by atoms with Gasteiger partial charge in [-0.15, -0.1) is 0 Å². The lowest BCUT2D eigenvalue weighted by Gasteiger charge is -2.16. The molecule has 0 radical (unpaired) electrons. The Morgan fingerprint density at radius 2 is 2.22 bits per heavy atom. The molecule has 1 atom stereocenters. The van der Waals surface area contributed by atoms with Gasteiger partial charge in [-0.05, 0) is 26.2 Å². The molecule has 1 unspecified atom stereocenters. The van der Waals surface area contributed by atoms with E-state index in [9.17, 15) is 9.59 Å². The summed E-state index contributed by atoms with van der Waals surface area (Å²) in [4.78, 5) is 24.7. The standard InChI is InChI=1S/C12H17N3O3/c1-7-11(8(2)14-13-7)12(18)15-4-3-9(6-15)5-10(16)17/h9H,3-6H2,1-2H3,(H,13,14)(H,16,17). The number of carboxylic acids is 1. The highest BCUT2D eigenvalue weighted by Gasteiger charge is 2.30. The lowest BCUT2D eigenvalue weighted by atomic mass is 10.1. The number of hydrogen-bond acceptors (Lipinski definition) is 3. The SMILES string of the molecule is Cc1n[nH]c(C)c1C(=O)N1CCC(CC(=O)O)C1. The molecule has 2 heterocycles. The maximum Gasteiger partial charge on any atom is 0.303 e. The Balaban J connectivity index is 2.06. The van der Waals surface area contributed by atoms with Gasteiger partial charge in [-0.25, -0.2) is 0 Å². The van der Waals surface area contributed by atoms with E-state index in [1.165, 1.54) is 0 Å². The topological polar surface area (TPSA) is 86.3 Å². The van der Waals surface area contributed by atoms with Crippen LogP contribution in [0.4, 0.5) is 0 Å². The number of nitrogens with one attached hydrogen (secondary N) is 1. The number of carbonyl (C=O) groups is 2. The van der Waals surface area contributed by atoms with Crippen LogP contribution >= 0.6 is 0 Å². The van der Waals surface area contributed by atoms with Crippen molar-refractivity contribution in [1.29, 1.82) is 0 Å². The average Bonchev–Trinajstić information content (AvgIpc) is 2.85. The lowest BCUT2D eigenvalue weighted by Crippen LogP contribution is -2.29. The van der Waals surface area contributed by atoms with Gasteiger partial charge in [0.1, 0.15) is 0 Å². The summed E-state index contributed by atoms with van der Waals surface area (Å²) in [6.07, 6.45) is 0.890. The predicted octanol–water partition coefficient (Wildman–Crippen LogP) is 0.963. The maximum absolute atomic E-state index is 12.3. The molecule has 6 nitrogen and oxygen atoms in total. The van der Waals surface area contributed by atoms with Gasteiger partial charge in [-0.1, -0.05) is 0 Å². The van der Waals surface area contributed by atoms with Crippen LogP contribution in [-0.2, 0) is 4.79 Å². The van der Waals surface area contributed by atoms with Crippen LogP contribution in [0.5, 0.6) is 0 Å². The van der Waals surface area contributed by atoms with Gasteiger partial charge in [0.15, 0.2) is 0 Å². The molecule has 0 aliphatic carbocycles. The van der Waals surface area contributed by atoms with Crippen molar-refractivity contribution in [2.45, 2.75) is 26.7 Å². The van der Waals surface area contributed by atoms with E-state index in [2.05, 4.69) is 10.2 Å². The van der Waals surface area contributed by atoms with Crippen LogP contribution in [0.25, 0.3) is 0 Å². The smallest absolute Gasteiger partial charge is 0.303 e. The van der Waals surface area contributed by atoms with Crippen molar-refractivity contribution in [2.75, 3.05) is 13.1 Å². The molecule has 0 saturated carbocycles. The Morgan fingerprint density at radius 3 is 2.78 bits per heavy atom. The summed E-state index contributed by atoms with van der Waals surface area (Å²) in [5, 5.41) is 15.6. The van der Waals surface area contributed by atoms with E-state index < -0.39 is 5.97 Å². The van der Waals surface area contributed by atoms with E-state index in [4.69, 9.17) is 5.11 Å². The highest BCUT2D eigenvalue weighted by atomic mass is 16.4. The first kappa shape index (κ1) is 12.6. The quantitative estimate of drug-likeness (QED) is 0.837. The second kappa shape index (κ2) is 4.80. The summed E-state index contributed by atoms with van der Waals surface area (Å²) < 4.78 is 0. The third kappa shape index (κ3) is 2.37. The first-order valence-electron chi connectivity index (χ1n) is 6.01. The van der Waals surface area contributed by atoms with Crippen LogP contribution in [-0.4, -0.2) is 45.2 Å². The largest absolute Gasteiger partial charge is 0.481 e. The Bertz CT molecular complexity index is 461. The molecule has 0 bridgehead atoms. The van der Waals surface area contributed by atoms with Crippen LogP contribution in [0.15, 0.2) is 0 Å². The second-order valence-corrected chi connectivity index (χ2v) is 4.81. The summed E-state index contributed by atoms with van der Waals surface area (Å²) >= 11 is 0. The third-order valence-electron chi connectivity index (χ3n) is 3.38. The number of likely N-dealkylation sites (tertiary alicyclic amines) is 1. The molecule has 18 heavy (non-hydrogen) atoms. The van der Waals surface area contributed by atoms with Crippen LogP contribution in [0.3, 0.4) is 0 Å². The summed E-state index contributed by atoms with van der Waals surface area (Å²) in [6.45, 7) is 4.76. The number of amides is 1. The van der Waals surface area contributed by atoms with Crippen molar-refractivity contribution in [3.63, 3.8) is 0 Å². The Morgan fingerprint density at radius 1 is 1.50 bits per heavy atom. The monoisotopic (exact) mass is 251 g/mol. The van der Waals surface area contributed by atoms with Gasteiger partial charge in [0.25, 0.3) is 5.91 Å². The number of nitrogens with zero attached hydrogens (tertiary/aromatic N) is 2. The molecule has 1 aliphatic heterocycles. The third-order valence-corrected chi connectivity index (χ3v) is 3.38. The van der Waals surface area contributed by atoms with E-state index in [1.807, 2.05) is 6.92 Å². The van der Waals surface area contributed by atoms with Gasteiger partial charge in [-0.3, -0.25) is 14.7 Å². The number of aromatic amines is 1. The Labute approximate surface area is 105 Å². The zero-order valence-corrected chi connectivity index (χ0v) is 10.6. The summed E-state index contributed by atoms with van der Waals surface area (Å²) in [5.74, 6) is -0.782. The highest BCUT2D eigenvalue weighted by molar-refractivity contribution is 5.96. The number of aliphatic carboxylic acids is 1. The van der Waals surface area contributed by atoms with Gasteiger partial charge < -0.3 is 10.0 Å². The molecule has 1 amide bonds. The highest BCUT2D eigenvalue weighted by Crippen LogP contribution is 2.23. The van der Waals surface area contributed by atoms with Crippen molar-refractivity contribution in [2.24, 2.45) is 5.92 Å². The Hall–Kier alpha value is -1.85. The van der Waals surface area contributed by atoms with Crippen LogP contribution in [0.2, 0.25) is 0 Å². The summed E-state index contributed by atoms with van der Waals surface area (Å²) in [6, 6.07) is 0. The van der Waals surface area contributed by atoms with Gasteiger partial charge in [0, 0.05) is 25.2 Å². The minimum Gasteiger partial charge on any atom is -0.481 e. The molecule has 1 fully saturated rings. The minimum absolute atomic E-state index is 0.0494. The predicted molar refractivity (Wildman–Crippen MR) is 64.3 cm³/mol. The fourth-order valence-electron chi connectivity index (χ4n) is 2.45. The first-order chi connectivity index (χ1) is 8.49. The maximum atomic E-state index is 12.3. The average molecular weight is 251 g/mol. The van der Waals surface area contributed by atoms with Crippen molar-refractivity contribution in [3.8, 4) is 0 Å². The van der Waals surface area contributed by atoms with Crippen LogP contribution < -0.4 is 0 Å². The van der Waals surface area contributed by atoms with Crippen LogP contribution in [0.1, 0.15) is 34.6 Å². The molecule has 0 spiro atoms. The zero-order valence-electron chi connectivity index (χ0n) is 10.6. The number of aromatic nitrogens is 2. The van der Waals surface area contributed by atoms with E-state index in [0.29, 0.717) is 24.3 Å². The van der Waals surface area contributed by atoms with Crippen molar-refractivity contribution < 1.29 is 14.7 Å². The Kier molecular flexibility index (Phi) is 3.36. The molecule has 6 heteroatoms. The zero-order chi connectivity index (χ0) is 13.3. The van der Waals surface area contributed by atoms with Crippen molar-refractivity contribution >= 4 is 11.9 Å². The van der Waals surface area contributed by atoms with E-state index in [-0.39, 0.29) is 18.2 Å². The fourth-order valence-corrected chi connectivity index (χ4v) is 2.45. The molecule has 0 aromatic carbocycles. The van der Waals surface area contributed by atoms with E-state index in [0.717, 1.165) is 12.1 Å². The number of H-pyrrole nitrogens is 1. The molecule has 2 rings (SSSR count). The number of aryl methyl sites for hydroxylation is 2. The first-order valence-corrected chi connectivity index (χ1v) is 6.01. The normalized spacial score (nSPS) is 19.2. The number of carbonyl (C=O) groups excluding carboxylic acids is 1. The molecule has 2 N–H and O–H groups in total.